The molecule has 25 heavy (non-hydrogen) atoms. The second kappa shape index (κ2) is 7.51. The lowest BCUT2D eigenvalue weighted by Crippen LogP contribution is -2.44. The quantitative estimate of drug-likeness (QED) is 0.783. The number of fused-ring (bicyclic) bond motifs is 1. The van der Waals surface area contributed by atoms with Gasteiger partial charge >= 0.3 is 5.97 Å². The fourth-order valence-corrected chi connectivity index (χ4v) is 3.91. The van der Waals surface area contributed by atoms with Crippen LogP contribution in [0.2, 0.25) is 0 Å². The highest BCUT2D eigenvalue weighted by atomic mass is 16.7. The van der Waals surface area contributed by atoms with Crippen LogP contribution in [0.4, 0.5) is 0 Å². The van der Waals surface area contributed by atoms with Gasteiger partial charge in [0.1, 0.15) is 0 Å². The number of aromatic carboxylic acids is 1. The summed E-state index contributed by atoms with van der Waals surface area (Å²) in [6, 6.07) is 3.61. The summed E-state index contributed by atoms with van der Waals surface area (Å²) in [6.07, 6.45) is 3.77. The first kappa shape index (κ1) is 17.8. The lowest BCUT2D eigenvalue weighted by atomic mass is 9.82. The molecule has 0 bridgehead atoms. The first-order valence-electron chi connectivity index (χ1n) is 8.86. The van der Waals surface area contributed by atoms with E-state index in [9.17, 15) is 9.90 Å². The summed E-state index contributed by atoms with van der Waals surface area (Å²) >= 11 is 0. The first-order chi connectivity index (χ1) is 12.0. The molecule has 1 unspecified atom stereocenters. The third-order valence-corrected chi connectivity index (χ3v) is 5.22. The molecule has 0 spiro atoms. The van der Waals surface area contributed by atoms with E-state index in [0.717, 1.165) is 37.2 Å². The van der Waals surface area contributed by atoms with E-state index in [-0.39, 0.29) is 5.92 Å². The van der Waals surface area contributed by atoms with Crippen molar-refractivity contribution in [2.75, 3.05) is 19.7 Å². The molecule has 0 amide bonds. The molecule has 136 valence electrons. The predicted molar refractivity (Wildman–Crippen MR) is 94.4 cm³/mol. The van der Waals surface area contributed by atoms with Gasteiger partial charge in [-0.25, -0.2) is 14.3 Å². The Morgan fingerprint density at radius 2 is 2.20 bits per heavy atom. The van der Waals surface area contributed by atoms with Gasteiger partial charge in [0.25, 0.3) is 0 Å². The molecule has 2 aromatic heterocycles. The minimum Gasteiger partial charge on any atom is -0.478 e. The molecule has 0 aliphatic carbocycles. The minimum absolute atomic E-state index is 0.241. The molecule has 3 rings (SSSR count). The van der Waals surface area contributed by atoms with Crippen LogP contribution in [0.5, 0.6) is 0 Å². The topological polar surface area (TPSA) is 79.1 Å². The number of carboxylic acid groups (broad SMARTS) is 1. The number of carbonyl (C=O) groups is 1. The largest absolute Gasteiger partial charge is 0.478 e. The number of hydrogen-bond donors (Lipinski definition) is 2. The molecule has 1 aliphatic heterocycles. The molecule has 3 heterocycles. The Morgan fingerprint density at radius 3 is 2.84 bits per heavy atom. The van der Waals surface area contributed by atoms with E-state index in [1.54, 1.807) is 12.3 Å². The lowest BCUT2D eigenvalue weighted by Gasteiger charge is -2.34. The molecule has 7 nitrogen and oxygen atoms in total. The fraction of sp³-hybridized carbons (Fsp3) is 0.556. The van der Waals surface area contributed by atoms with Crippen molar-refractivity contribution in [3.05, 3.63) is 35.2 Å². The van der Waals surface area contributed by atoms with Crippen molar-refractivity contribution in [1.29, 1.82) is 0 Å². The van der Waals surface area contributed by atoms with Gasteiger partial charge in [0.05, 0.1) is 17.7 Å². The monoisotopic (exact) mass is 346 g/mol. The summed E-state index contributed by atoms with van der Waals surface area (Å²) in [5.41, 5.74) is 5.85. The van der Waals surface area contributed by atoms with Crippen LogP contribution in [0.1, 0.15) is 54.2 Å². The summed E-state index contributed by atoms with van der Waals surface area (Å²) in [6.45, 7) is 8.50. The first-order valence-corrected chi connectivity index (χ1v) is 8.86. The Kier molecular flexibility index (Phi) is 5.36. The van der Waals surface area contributed by atoms with Gasteiger partial charge in [-0.1, -0.05) is 6.92 Å². The number of aromatic nitrogens is 2. The van der Waals surface area contributed by atoms with Gasteiger partial charge in [-0.2, -0.15) is 5.10 Å². The number of hydrazine groups is 1. The molecule has 0 radical (unpaired) electrons. The standard InChI is InChI=1S/C18H26N4O3/c1-4-25-20-21-10-7-14(8-11-21)12(2)17-13(3)16(18(23)24)15-6-5-9-19-22(15)17/h5-6,9,12,14,20H,4,7-8,10-11H2,1-3H3,(H,23,24). The van der Waals surface area contributed by atoms with Crippen LogP contribution in [0, 0.1) is 12.8 Å². The van der Waals surface area contributed by atoms with Gasteiger partial charge in [0.15, 0.2) is 0 Å². The van der Waals surface area contributed by atoms with Crippen molar-refractivity contribution in [1.82, 2.24) is 20.2 Å². The van der Waals surface area contributed by atoms with E-state index in [1.807, 2.05) is 24.4 Å². The molecular formula is C18H26N4O3. The molecule has 1 atom stereocenters. The highest BCUT2D eigenvalue weighted by molar-refractivity contribution is 5.98. The van der Waals surface area contributed by atoms with Crippen LogP contribution >= 0.6 is 0 Å². The van der Waals surface area contributed by atoms with Crippen molar-refractivity contribution < 1.29 is 14.7 Å². The fourth-order valence-electron chi connectivity index (χ4n) is 3.91. The zero-order chi connectivity index (χ0) is 18.0. The van der Waals surface area contributed by atoms with Gasteiger partial charge in [0.2, 0.25) is 0 Å². The summed E-state index contributed by atoms with van der Waals surface area (Å²) < 4.78 is 1.81. The third-order valence-electron chi connectivity index (χ3n) is 5.22. The Hall–Kier alpha value is -1.96. The summed E-state index contributed by atoms with van der Waals surface area (Å²) in [5, 5.41) is 16.1. The maximum Gasteiger partial charge on any atom is 0.338 e. The van der Waals surface area contributed by atoms with E-state index >= 15 is 0 Å². The second-order valence-electron chi connectivity index (χ2n) is 6.65. The summed E-state index contributed by atoms with van der Waals surface area (Å²) in [7, 11) is 0. The second-order valence-corrected chi connectivity index (χ2v) is 6.65. The van der Waals surface area contributed by atoms with E-state index in [0.29, 0.717) is 23.6 Å². The van der Waals surface area contributed by atoms with Gasteiger partial charge < -0.3 is 5.11 Å². The Balaban J connectivity index is 1.85. The van der Waals surface area contributed by atoms with Crippen LogP contribution in [-0.4, -0.2) is 45.4 Å². The zero-order valence-electron chi connectivity index (χ0n) is 15.0. The number of nitrogens with one attached hydrogen (secondary N) is 1. The van der Waals surface area contributed by atoms with Crippen LogP contribution in [0.15, 0.2) is 18.3 Å². The summed E-state index contributed by atoms with van der Waals surface area (Å²) in [5.74, 6) is -0.165. The smallest absolute Gasteiger partial charge is 0.338 e. The van der Waals surface area contributed by atoms with Crippen LogP contribution in [0.3, 0.4) is 0 Å². The molecule has 1 aliphatic rings. The van der Waals surface area contributed by atoms with Gasteiger partial charge in [-0.3, -0.25) is 4.84 Å². The van der Waals surface area contributed by atoms with E-state index in [1.165, 1.54) is 0 Å². The number of piperidine rings is 1. The maximum absolute atomic E-state index is 11.7. The van der Waals surface area contributed by atoms with Crippen LogP contribution in [-0.2, 0) is 4.84 Å². The van der Waals surface area contributed by atoms with Crippen LogP contribution < -0.4 is 5.59 Å². The van der Waals surface area contributed by atoms with Crippen molar-refractivity contribution >= 4 is 11.5 Å². The van der Waals surface area contributed by atoms with Crippen molar-refractivity contribution in [3.63, 3.8) is 0 Å². The maximum atomic E-state index is 11.7. The molecule has 7 heteroatoms. The molecule has 2 N–H and O–H groups in total. The Labute approximate surface area is 147 Å². The van der Waals surface area contributed by atoms with Crippen molar-refractivity contribution in [3.8, 4) is 0 Å². The number of rotatable bonds is 6. The molecule has 2 aromatic rings. The zero-order valence-corrected chi connectivity index (χ0v) is 15.0. The highest BCUT2D eigenvalue weighted by Gasteiger charge is 2.30. The van der Waals surface area contributed by atoms with Crippen molar-refractivity contribution in [2.45, 2.75) is 39.5 Å². The molecular weight excluding hydrogens is 320 g/mol. The normalized spacial score (nSPS) is 17.9. The SMILES string of the molecule is CCONN1CCC(C(C)c2c(C)c(C(=O)O)c3cccnn23)CC1. The van der Waals surface area contributed by atoms with E-state index < -0.39 is 5.97 Å². The van der Waals surface area contributed by atoms with Gasteiger partial charge in [-0.15, -0.1) is 5.59 Å². The number of hydrogen-bond acceptors (Lipinski definition) is 5. The molecule has 0 aromatic carbocycles. The lowest BCUT2D eigenvalue weighted by molar-refractivity contribution is -0.0918. The third kappa shape index (κ3) is 3.40. The molecule has 1 fully saturated rings. The average Bonchev–Trinajstić information content (AvgIpc) is 2.91. The predicted octanol–water partition coefficient (Wildman–Crippen LogP) is 2.61. The Bertz CT molecular complexity index is 750. The Morgan fingerprint density at radius 1 is 1.48 bits per heavy atom. The van der Waals surface area contributed by atoms with Crippen molar-refractivity contribution in [2.24, 2.45) is 5.92 Å². The highest BCUT2D eigenvalue weighted by Crippen LogP contribution is 2.36. The minimum atomic E-state index is -0.891. The van der Waals surface area contributed by atoms with Gasteiger partial charge in [-0.05, 0) is 50.3 Å². The van der Waals surface area contributed by atoms with E-state index in [4.69, 9.17) is 4.84 Å². The van der Waals surface area contributed by atoms with Gasteiger partial charge in [0, 0.05) is 30.9 Å². The summed E-state index contributed by atoms with van der Waals surface area (Å²) in [4.78, 5) is 17.0. The van der Waals surface area contributed by atoms with E-state index in [2.05, 4.69) is 22.6 Å². The number of carboxylic acids is 1. The average molecular weight is 346 g/mol. The number of nitrogens with zero attached hydrogens (tertiary/aromatic N) is 3. The van der Waals surface area contributed by atoms with Crippen LogP contribution in [0.25, 0.3) is 5.52 Å². The molecule has 1 saturated heterocycles. The molecule has 0 saturated carbocycles.